The van der Waals surface area contributed by atoms with E-state index in [1.807, 2.05) is 0 Å². The number of hydrogen-bond donors (Lipinski definition) is 1. The average Bonchev–Trinajstić information content (AvgIpc) is 3.25. The van der Waals surface area contributed by atoms with Crippen LogP contribution < -0.4 is 5.32 Å². The molecule has 1 N–H and O–H groups in total. The highest BCUT2D eigenvalue weighted by molar-refractivity contribution is 7.13. The van der Waals surface area contributed by atoms with Gasteiger partial charge in [-0.2, -0.15) is 0 Å². The van der Waals surface area contributed by atoms with Crippen molar-refractivity contribution in [2.75, 3.05) is 11.9 Å². The molecule has 1 aromatic carbocycles. The molecule has 0 saturated carbocycles. The van der Waals surface area contributed by atoms with Crippen LogP contribution in [0.15, 0.2) is 40.2 Å². The average molecular weight is 389 g/mol. The molecular formula is C18H16FN3O4S. The van der Waals surface area contributed by atoms with Gasteiger partial charge in [0.05, 0.1) is 36.4 Å². The normalized spacial score (nSPS) is 10.6. The number of thiazole rings is 1. The molecule has 3 rings (SSSR count). The molecule has 7 nitrogen and oxygen atoms in total. The maximum atomic E-state index is 13.8. The summed E-state index contributed by atoms with van der Waals surface area (Å²) in [5, 5.41) is 8.49. The molecule has 0 radical (unpaired) electrons. The Labute approximate surface area is 158 Å². The fraction of sp³-hybridized carbons (Fsp3) is 0.222. The first-order chi connectivity index (χ1) is 13.0. The summed E-state index contributed by atoms with van der Waals surface area (Å²) in [6, 6.07) is 7.67. The minimum atomic E-state index is -0.429. The molecule has 2 aromatic heterocycles. The van der Waals surface area contributed by atoms with Crippen molar-refractivity contribution in [3.63, 3.8) is 0 Å². The monoisotopic (exact) mass is 389 g/mol. The van der Waals surface area contributed by atoms with E-state index in [1.165, 1.54) is 23.5 Å². The third kappa shape index (κ3) is 4.98. The van der Waals surface area contributed by atoms with Crippen molar-refractivity contribution in [2.45, 2.75) is 19.8 Å². The predicted molar refractivity (Wildman–Crippen MR) is 96.7 cm³/mol. The van der Waals surface area contributed by atoms with Crippen molar-refractivity contribution < 1.29 is 23.2 Å². The topological polar surface area (TPSA) is 94.3 Å². The Kier molecular flexibility index (Phi) is 5.92. The molecule has 1 amide bonds. The number of anilines is 1. The van der Waals surface area contributed by atoms with Crippen molar-refractivity contribution in [1.82, 2.24) is 10.1 Å². The van der Waals surface area contributed by atoms with Crippen LogP contribution >= 0.6 is 11.3 Å². The number of benzene rings is 1. The number of hydrogen-bond acceptors (Lipinski definition) is 7. The number of rotatable bonds is 7. The second-order valence-corrected chi connectivity index (χ2v) is 6.37. The Balaban J connectivity index is 1.58. The molecule has 2 heterocycles. The van der Waals surface area contributed by atoms with Crippen LogP contribution in [0.4, 0.5) is 9.52 Å². The first-order valence-electron chi connectivity index (χ1n) is 8.15. The summed E-state index contributed by atoms with van der Waals surface area (Å²) in [6.07, 6.45) is 0.000237. The van der Waals surface area contributed by atoms with Crippen molar-refractivity contribution >= 4 is 28.3 Å². The molecule has 0 unspecified atom stereocenters. The Morgan fingerprint density at radius 1 is 1.26 bits per heavy atom. The minimum Gasteiger partial charge on any atom is -0.466 e. The number of amides is 1. The van der Waals surface area contributed by atoms with Gasteiger partial charge >= 0.3 is 5.97 Å². The summed E-state index contributed by atoms with van der Waals surface area (Å²) in [5.41, 5.74) is 1.17. The van der Waals surface area contributed by atoms with E-state index < -0.39 is 5.82 Å². The molecule has 3 aromatic rings. The van der Waals surface area contributed by atoms with Crippen LogP contribution in [0.3, 0.4) is 0 Å². The molecule has 0 bridgehead atoms. The van der Waals surface area contributed by atoms with Gasteiger partial charge in [0.1, 0.15) is 5.82 Å². The van der Waals surface area contributed by atoms with Gasteiger partial charge in [0.2, 0.25) is 5.91 Å². The van der Waals surface area contributed by atoms with Crippen LogP contribution in [0.25, 0.3) is 11.3 Å². The summed E-state index contributed by atoms with van der Waals surface area (Å²) >= 11 is 1.21. The molecule has 0 aliphatic heterocycles. The SMILES string of the molecule is CCOC(=O)Cc1csc(NC(=O)Cc2cc(-c3ccccc3F)on2)n1. The second kappa shape index (κ2) is 8.54. The van der Waals surface area contributed by atoms with E-state index in [0.717, 1.165) is 0 Å². The Morgan fingerprint density at radius 2 is 2.07 bits per heavy atom. The number of carbonyl (C=O) groups excluding carboxylic acids is 2. The van der Waals surface area contributed by atoms with Crippen molar-refractivity contribution in [3.05, 3.63) is 52.9 Å². The summed E-state index contributed by atoms with van der Waals surface area (Å²) in [6.45, 7) is 2.03. The highest BCUT2D eigenvalue weighted by Gasteiger charge is 2.15. The lowest BCUT2D eigenvalue weighted by atomic mass is 10.1. The van der Waals surface area contributed by atoms with Crippen LogP contribution in [-0.4, -0.2) is 28.6 Å². The smallest absolute Gasteiger partial charge is 0.311 e. The second-order valence-electron chi connectivity index (χ2n) is 5.51. The molecule has 140 valence electrons. The summed E-state index contributed by atoms with van der Waals surface area (Å²) in [7, 11) is 0. The Bertz CT molecular complexity index is 953. The zero-order valence-electron chi connectivity index (χ0n) is 14.4. The van der Waals surface area contributed by atoms with Crippen LogP contribution in [0.1, 0.15) is 18.3 Å². The van der Waals surface area contributed by atoms with E-state index >= 15 is 0 Å². The van der Waals surface area contributed by atoms with Gasteiger partial charge in [-0.3, -0.25) is 9.59 Å². The molecule has 0 aliphatic rings. The van der Waals surface area contributed by atoms with Crippen molar-refractivity contribution in [3.8, 4) is 11.3 Å². The third-order valence-corrected chi connectivity index (χ3v) is 4.28. The van der Waals surface area contributed by atoms with E-state index in [0.29, 0.717) is 23.1 Å². The molecule has 0 atom stereocenters. The number of ether oxygens (including phenoxy) is 1. The van der Waals surface area contributed by atoms with Gasteiger partial charge in [-0.15, -0.1) is 11.3 Å². The van der Waals surface area contributed by atoms with Crippen LogP contribution in [0, 0.1) is 5.82 Å². The lowest BCUT2D eigenvalue weighted by molar-refractivity contribution is -0.142. The van der Waals surface area contributed by atoms with Crippen LogP contribution in [0.5, 0.6) is 0 Å². The molecular weight excluding hydrogens is 373 g/mol. The molecule has 27 heavy (non-hydrogen) atoms. The molecule has 0 saturated heterocycles. The van der Waals surface area contributed by atoms with Gasteiger partial charge in [0, 0.05) is 11.4 Å². The van der Waals surface area contributed by atoms with Gasteiger partial charge in [0.15, 0.2) is 10.9 Å². The van der Waals surface area contributed by atoms with E-state index in [1.54, 1.807) is 30.5 Å². The fourth-order valence-corrected chi connectivity index (χ4v) is 3.04. The molecule has 0 fully saturated rings. The maximum absolute atomic E-state index is 13.8. The third-order valence-electron chi connectivity index (χ3n) is 3.47. The quantitative estimate of drug-likeness (QED) is 0.624. The zero-order valence-corrected chi connectivity index (χ0v) is 15.2. The Hall–Kier alpha value is -3.07. The number of aromatic nitrogens is 2. The van der Waals surface area contributed by atoms with Gasteiger partial charge < -0.3 is 14.6 Å². The highest BCUT2D eigenvalue weighted by Crippen LogP contribution is 2.23. The summed E-state index contributed by atoms with van der Waals surface area (Å²) < 4.78 is 23.7. The molecule has 9 heteroatoms. The molecule has 0 spiro atoms. The van der Waals surface area contributed by atoms with Gasteiger partial charge in [-0.05, 0) is 19.1 Å². The van der Waals surface area contributed by atoms with E-state index in [-0.39, 0.29) is 36.0 Å². The zero-order chi connectivity index (χ0) is 19.2. The summed E-state index contributed by atoms with van der Waals surface area (Å²) in [4.78, 5) is 27.7. The standard InChI is InChI=1S/C18H16FN3O4S/c1-2-25-17(24)9-12-10-27-18(20-12)21-16(23)8-11-7-15(26-22-11)13-5-3-4-6-14(13)19/h3-7,10H,2,8-9H2,1H3,(H,20,21,23). The maximum Gasteiger partial charge on any atom is 0.311 e. The Morgan fingerprint density at radius 3 is 2.85 bits per heavy atom. The lowest BCUT2D eigenvalue weighted by Crippen LogP contribution is -2.14. The number of esters is 1. The van der Waals surface area contributed by atoms with Gasteiger partial charge in [0.25, 0.3) is 0 Å². The number of carbonyl (C=O) groups is 2. The first kappa shape index (κ1) is 18.7. The van der Waals surface area contributed by atoms with Crippen molar-refractivity contribution in [2.24, 2.45) is 0 Å². The molecule has 0 aliphatic carbocycles. The van der Waals surface area contributed by atoms with E-state index in [9.17, 15) is 14.0 Å². The van der Waals surface area contributed by atoms with Crippen LogP contribution in [0.2, 0.25) is 0 Å². The van der Waals surface area contributed by atoms with E-state index in [4.69, 9.17) is 9.26 Å². The van der Waals surface area contributed by atoms with Crippen LogP contribution in [-0.2, 0) is 27.2 Å². The van der Waals surface area contributed by atoms with Gasteiger partial charge in [-0.25, -0.2) is 9.37 Å². The van der Waals surface area contributed by atoms with E-state index in [2.05, 4.69) is 15.5 Å². The number of halogens is 1. The lowest BCUT2D eigenvalue weighted by Gasteiger charge is -1.99. The predicted octanol–water partition coefficient (Wildman–Crippen LogP) is 3.22. The van der Waals surface area contributed by atoms with Crippen molar-refractivity contribution in [1.29, 1.82) is 0 Å². The first-order valence-corrected chi connectivity index (χ1v) is 9.03. The highest BCUT2D eigenvalue weighted by atomic mass is 32.1. The fourth-order valence-electron chi connectivity index (χ4n) is 2.32. The number of nitrogens with zero attached hydrogens (tertiary/aromatic N) is 2. The minimum absolute atomic E-state index is 0.0509. The van der Waals surface area contributed by atoms with Gasteiger partial charge in [-0.1, -0.05) is 17.3 Å². The summed E-state index contributed by atoms with van der Waals surface area (Å²) in [5.74, 6) is -0.896. The largest absolute Gasteiger partial charge is 0.466 e. The number of nitrogens with one attached hydrogen (secondary N) is 1.